The highest BCUT2D eigenvalue weighted by Crippen LogP contribution is 2.16. The van der Waals surface area contributed by atoms with Crippen molar-refractivity contribution >= 4 is 35.0 Å². The van der Waals surface area contributed by atoms with Crippen molar-refractivity contribution in [1.82, 2.24) is 0 Å². The summed E-state index contributed by atoms with van der Waals surface area (Å²) in [5, 5.41) is 11.6. The number of carbonyl (C=O) groups excluding carboxylic acids is 1. The monoisotopic (exact) mass is 268 g/mol. The van der Waals surface area contributed by atoms with E-state index < -0.39 is 6.09 Å². The van der Waals surface area contributed by atoms with E-state index in [0.29, 0.717) is 17.7 Å². The molecule has 0 saturated carbocycles. The largest absolute Gasteiger partial charge is 0.497 e. The van der Waals surface area contributed by atoms with Crippen molar-refractivity contribution in [2.75, 3.05) is 18.2 Å². The topological polar surface area (TPSA) is 88.0 Å². The average Bonchev–Trinajstić information content (AvgIpc) is 2.36. The second-order valence-electron chi connectivity index (χ2n) is 3.03. The van der Waals surface area contributed by atoms with Gasteiger partial charge >= 0.3 is 6.09 Å². The summed E-state index contributed by atoms with van der Waals surface area (Å²) in [6, 6.07) is 6.89. The first-order valence-corrected chi connectivity index (χ1v) is 5.93. The van der Waals surface area contributed by atoms with Crippen LogP contribution in [0.3, 0.4) is 0 Å². The number of hydrogen-bond donors (Lipinski definition) is 2. The number of hydrogen-bond acceptors (Lipinski definition) is 4. The zero-order valence-electron chi connectivity index (χ0n) is 9.62. The van der Waals surface area contributed by atoms with Crippen molar-refractivity contribution in [3.05, 3.63) is 24.3 Å². The molecule has 6 nitrogen and oxygen atoms in total. The van der Waals surface area contributed by atoms with E-state index in [1.54, 1.807) is 31.4 Å². The van der Waals surface area contributed by atoms with Crippen molar-refractivity contribution in [2.24, 2.45) is 4.99 Å². The first kappa shape index (κ1) is 14.0. The van der Waals surface area contributed by atoms with Crippen LogP contribution in [-0.4, -0.2) is 35.5 Å². The number of thioether (sulfide) groups is 1. The van der Waals surface area contributed by atoms with E-state index in [9.17, 15) is 9.59 Å². The van der Waals surface area contributed by atoms with Crippen LogP contribution < -0.4 is 10.1 Å². The Morgan fingerprint density at radius 2 is 2.17 bits per heavy atom. The molecule has 0 fully saturated rings. The van der Waals surface area contributed by atoms with Gasteiger partial charge in [0.25, 0.3) is 0 Å². The van der Waals surface area contributed by atoms with Gasteiger partial charge in [-0.1, -0.05) is 11.8 Å². The molecule has 2 N–H and O–H groups in total. The van der Waals surface area contributed by atoms with Crippen molar-refractivity contribution in [1.29, 1.82) is 0 Å². The Balaban J connectivity index is 2.75. The normalized spacial score (nSPS) is 10.8. The third-order valence-corrected chi connectivity index (χ3v) is 2.60. The third kappa shape index (κ3) is 4.88. The number of aldehydes is 1. The number of rotatable bonds is 4. The summed E-state index contributed by atoms with van der Waals surface area (Å²) in [7, 11) is 1.56. The zero-order chi connectivity index (χ0) is 13.4. The van der Waals surface area contributed by atoms with Crippen LogP contribution in [0, 0.1) is 0 Å². The number of methoxy groups -OCH3 is 1. The minimum atomic E-state index is -1.32. The molecule has 0 spiro atoms. The van der Waals surface area contributed by atoms with Crippen LogP contribution in [0.15, 0.2) is 29.3 Å². The molecule has 0 aliphatic carbocycles. The lowest BCUT2D eigenvalue weighted by molar-refractivity contribution is -0.105. The maximum atomic E-state index is 10.5. The molecule has 1 amide bonds. The van der Waals surface area contributed by atoms with Crippen molar-refractivity contribution in [3.63, 3.8) is 0 Å². The molecule has 0 unspecified atom stereocenters. The minimum Gasteiger partial charge on any atom is -0.497 e. The van der Waals surface area contributed by atoms with E-state index in [-0.39, 0.29) is 10.9 Å². The van der Waals surface area contributed by atoms with Gasteiger partial charge in [-0.15, -0.1) is 0 Å². The number of anilines is 1. The van der Waals surface area contributed by atoms with Crippen LogP contribution in [0.4, 0.5) is 10.5 Å². The van der Waals surface area contributed by atoms with Crippen LogP contribution in [0.25, 0.3) is 0 Å². The van der Waals surface area contributed by atoms with Gasteiger partial charge in [-0.3, -0.25) is 0 Å². The third-order valence-electron chi connectivity index (χ3n) is 1.83. The Labute approximate surface area is 108 Å². The molecule has 1 rings (SSSR count). The summed E-state index contributed by atoms with van der Waals surface area (Å²) < 4.78 is 5.00. The summed E-state index contributed by atoms with van der Waals surface area (Å²) in [6.07, 6.45) is -0.637. The minimum absolute atomic E-state index is 0.134. The molecule has 0 saturated heterocycles. The molecule has 0 bridgehead atoms. The maximum absolute atomic E-state index is 10.5. The van der Waals surface area contributed by atoms with Crippen LogP contribution in [0.2, 0.25) is 0 Å². The zero-order valence-corrected chi connectivity index (χ0v) is 10.4. The van der Waals surface area contributed by atoms with Crippen LogP contribution in [0.5, 0.6) is 5.75 Å². The molecule has 0 aliphatic heterocycles. The molecular formula is C11H12N2O4S. The Hall–Kier alpha value is -2.02. The maximum Gasteiger partial charge on any atom is 0.433 e. The van der Waals surface area contributed by atoms with Gasteiger partial charge in [0.2, 0.25) is 0 Å². The summed E-state index contributed by atoms with van der Waals surface area (Å²) in [5.41, 5.74) is 0.661. The van der Waals surface area contributed by atoms with E-state index >= 15 is 0 Å². The summed E-state index contributed by atoms with van der Waals surface area (Å²) in [4.78, 5) is 24.1. The molecule has 0 aliphatic rings. The second-order valence-corrected chi connectivity index (χ2v) is 4.04. The molecule has 1 aromatic carbocycles. The first-order valence-electron chi connectivity index (χ1n) is 4.95. The van der Waals surface area contributed by atoms with Crippen LogP contribution >= 0.6 is 11.8 Å². The molecule has 0 heterocycles. The SMILES string of the molecule is COc1ccc(N/C(=N\C(=O)O)SCC=O)cc1. The summed E-state index contributed by atoms with van der Waals surface area (Å²) in [5.74, 6) is 0.827. The molecule has 0 radical (unpaired) electrons. The van der Waals surface area contributed by atoms with E-state index in [1.807, 2.05) is 0 Å². The van der Waals surface area contributed by atoms with Crippen molar-refractivity contribution in [2.45, 2.75) is 0 Å². The van der Waals surface area contributed by atoms with Gasteiger partial charge in [0.1, 0.15) is 12.0 Å². The summed E-state index contributed by atoms with van der Waals surface area (Å²) in [6.45, 7) is 0. The smallest absolute Gasteiger partial charge is 0.433 e. The molecule has 1 aromatic rings. The first-order chi connectivity index (χ1) is 8.65. The number of carbonyl (C=O) groups is 2. The fourth-order valence-electron chi connectivity index (χ4n) is 1.09. The van der Waals surface area contributed by atoms with Gasteiger partial charge in [0, 0.05) is 5.69 Å². The Bertz CT molecular complexity index is 445. The fraction of sp³-hybridized carbons (Fsp3) is 0.182. The standard InChI is InChI=1S/C11H12N2O4S/c1-17-9-4-2-8(3-5-9)12-10(13-11(15)16)18-7-6-14/h2-6H,7H2,1H3,(H,12,13)(H,15,16). The number of amides is 1. The van der Waals surface area contributed by atoms with Crippen LogP contribution in [0.1, 0.15) is 0 Å². The van der Waals surface area contributed by atoms with Crippen molar-refractivity contribution in [3.8, 4) is 5.75 Å². The van der Waals surface area contributed by atoms with Gasteiger partial charge < -0.3 is 20.0 Å². The Kier molecular flexibility index (Phi) is 5.72. The Morgan fingerprint density at radius 1 is 1.50 bits per heavy atom. The van der Waals surface area contributed by atoms with Gasteiger partial charge in [-0.05, 0) is 24.3 Å². The lowest BCUT2D eigenvalue weighted by Crippen LogP contribution is -2.11. The van der Waals surface area contributed by atoms with Gasteiger partial charge in [0.15, 0.2) is 5.17 Å². The van der Waals surface area contributed by atoms with Gasteiger partial charge in [0.05, 0.1) is 12.9 Å². The lowest BCUT2D eigenvalue weighted by Gasteiger charge is -2.07. The quantitative estimate of drug-likeness (QED) is 0.494. The molecule has 96 valence electrons. The number of benzene rings is 1. The molecular weight excluding hydrogens is 256 g/mol. The average molecular weight is 268 g/mol. The predicted molar refractivity (Wildman–Crippen MR) is 70.6 cm³/mol. The number of ether oxygens (including phenoxy) is 1. The highest BCUT2D eigenvalue weighted by atomic mass is 32.2. The van der Waals surface area contributed by atoms with E-state index in [2.05, 4.69) is 10.3 Å². The van der Waals surface area contributed by atoms with E-state index in [4.69, 9.17) is 9.84 Å². The van der Waals surface area contributed by atoms with E-state index in [1.165, 1.54) is 0 Å². The number of carboxylic acid groups (broad SMARTS) is 1. The number of aliphatic imine (C=N–C) groups is 1. The Morgan fingerprint density at radius 3 is 2.67 bits per heavy atom. The number of amidine groups is 1. The van der Waals surface area contributed by atoms with Gasteiger partial charge in [-0.2, -0.15) is 4.99 Å². The van der Waals surface area contributed by atoms with Crippen LogP contribution in [-0.2, 0) is 4.79 Å². The number of nitrogens with one attached hydrogen (secondary N) is 1. The lowest BCUT2D eigenvalue weighted by atomic mass is 10.3. The molecule has 0 aromatic heterocycles. The van der Waals surface area contributed by atoms with Crippen molar-refractivity contribution < 1.29 is 19.4 Å². The highest BCUT2D eigenvalue weighted by Gasteiger charge is 2.04. The summed E-state index contributed by atoms with van der Waals surface area (Å²) >= 11 is 1.01. The highest BCUT2D eigenvalue weighted by molar-refractivity contribution is 8.14. The second kappa shape index (κ2) is 7.33. The molecule has 0 atom stereocenters. The van der Waals surface area contributed by atoms with Gasteiger partial charge in [-0.25, -0.2) is 4.79 Å². The molecule has 7 heteroatoms. The predicted octanol–water partition coefficient (Wildman–Crippen LogP) is 2.07. The number of nitrogens with zero attached hydrogens (tertiary/aromatic N) is 1. The fourth-order valence-corrected chi connectivity index (χ4v) is 1.65. The molecule has 18 heavy (non-hydrogen) atoms. The van der Waals surface area contributed by atoms with E-state index in [0.717, 1.165) is 11.8 Å².